The van der Waals surface area contributed by atoms with Gasteiger partial charge >= 0.3 is 6.18 Å². The maximum absolute atomic E-state index is 12.6. The molecule has 1 amide bonds. The first-order valence-corrected chi connectivity index (χ1v) is 6.56. The molecule has 1 atom stereocenters. The zero-order valence-electron chi connectivity index (χ0n) is 10.9. The van der Waals surface area contributed by atoms with Crippen molar-refractivity contribution in [3.05, 3.63) is 0 Å². The van der Waals surface area contributed by atoms with Gasteiger partial charge in [-0.2, -0.15) is 13.2 Å². The Labute approximate surface area is 110 Å². The van der Waals surface area contributed by atoms with Crippen LogP contribution < -0.4 is 0 Å². The molecule has 106 valence electrons. The number of hydrogen-bond acceptors (Lipinski definition) is 1. The maximum atomic E-state index is 12.6. The van der Waals surface area contributed by atoms with Crippen LogP contribution in [0.3, 0.4) is 0 Å². The van der Waals surface area contributed by atoms with Gasteiger partial charge in [0.25, 0.3) is 0 Å². The van der Waals surface area contributed by atoms with Gasteiger partial charge in [-0.05, 0) is 39.5 Å². The van der Waals surface area contributed by atoms with E-state index in [4.69, 9.17) is 11.6 Å². The van der Waals surface area contributed by atoms with E-state index < -0.39 is 24.0 Å². The lowest BCUT2D eigenvalue weighted by Gasteiger charge is -2.35. The van der Waals surface area contributed by atoms with Gasteiger partial charge < -0.3 is 4.90 Å². The number of hydrogen-bond donors (Lipinski definition) is 0. The highest BCUT2D eigenvalue weighted by Gasteiger charge is 2.43. The van der Waals surface area contributed by atoms with Gasteiger partial charge in [-0.25, -0.2) is 0 Å². The number of rotatable bonds is 5. The molecule has 0 N–H and O–H groups in total. The summed E-state index contributed by atoms with van der Waals surface area (Å²) in [6.07, 6.45) is -2.59. The summed E-state index contributed by atoms with van der Waals surface area (Å²) >= 11 is 5.67. The first kappa shape index (κ1) is 15.6. The predicted octanol–water partition coefficient (Wildman–Crippen LogP) is 3.44. The molecule has 1 aliphatic rings. The standard InChI is InChI=1S/C12H19ClF3NO/c1-8(9-4-5-9)17(7-12(14,15)16)10(18)11(2,3)6-13/h8-9H,4-7H2,1-3H3. The molecular weight excluding hydrogens is 267 g/mol. The zero-order chi connectivity index (χ0) is 14.1. The molecule has 1 unspecified atom stereocenters. The summed E-state index contributed by atoms with van der Waals surface area (Å²) in [5.41, 5.74) is -0.962. The van der Waals surface area contributed by atoms with Crippen molar-refractivity contribution in [3.63, 3.8) is 0 Å². The first-order chi connectivity index (χ1) is 8.08. The topological polar surface area (TPSA) is 20.3 Å². The Morgan fingerprint density at radius 3 is 2.22 bits per heavy atom. The van der Waals surface area contributed by atoms with E-state index in [9.17, 15) is 18.0 Å². The third-order valence-electron chi connectivity index (χ3n) is 3.32. The van der Waals surface area contributed by atoms with Crippen molar-refractivity contribution >= 4 is 17.5 Å². The molecule has 0 aliphatic heterocycles. The minimum atomic E-state index is -4.37. The average Bonchev–Trinajstić information content (AvgIpc) is 3.06. The summed E-state index contributed by atoms with van der Waals surface area (Å²) in [6.45, 7) is 3.64. The summed E-state index contributed by atoms with van der Waals surface area (Å²) in [7, 11) is 0. The minimum absolute atomic E-state index is 0.0115. The van der Waals surface area contributed by atoms with Crippen LogP contribution in [0, 0.1) is 11.3 Å². The van der Waals surface area contributed by atoms with Gasteiger partial charge in [-0.1, -0.05) is 0 Å². The second-order valence-corrected chi connectivity index (χ2v) is 5.91. The highest BCUT2D eigenvalue weighted by Crippen LogP contribution is 2.37. The van der Waals surface area contributed by atoms with Gasteiger partial charge in [-0.15, -0.1) is 11.6 Å². The second kappa shape index (κ2) is 5.27. The van der Waals surface area contributed by atoms with Gasteiger partial charge in [0, 0.05) is 11.9 Å². The van der Waals surface area contributed by atoms with Gasteiger partial charge in [0.2, 0.25) is 5.91 Å². The van der Waals surface area contributed by atoms with Crippen molar-refractivity contribution in [2.24, 2.45) is 11.3 Å². The molecule has 1 rings (SSSR count). The first-order valence-electron chi connectivity index (χ1n) is 6.02. The Hall–Kier alpha value is -0.450. The number of nitrogens with zero attached hydrogens (tertiary/aromatic N) is 1. The fourth-order valence-electron chi connectivity index (χ4n) is 1.87. The normalized spacial score (nSPS) is 18.6. The Bertz CT molecular complexity index is 313. The molecular formula is C12H19ClF3NO. The molecule has 18 heavy (non-hydrogen) atoms. The molecule has 0 radical (unpaired) electrons. The molecule has 1 saturated carbocycles. The van der Waals surface area contributed by atoms with Gasteiger partial charge in [0.15, 0.2) is 0 Å². The molecule has 0 bridgehead atoms. The lowest BCUT2D eigenvalue weighted by molar-refractivity contribution is -0.171. The van der Waals surface area contributed by atoms with Crippen LogP contribution in [-0.2, 0) is 4.79 Å². The van der Waals surface area contributed by atoms with Crippen molar-refractivity contribution in [1.29, 1.82) is 0 Å². The summed E-state index contributed by atoms with van der Waals surface area (Å²) < 4.78 is 37.7. The molecule has 0 spiro atoms. The number of halogens is 4. The van der Waals surface area contributed by atoms with Crippen molar-refractivity contribution in [2.45, 2.75) is 45.8 Å². The van der Waals surface area contributed by atoms with Gasteiger partial charge in [0.1, 0.15) is 6.54 Å². The Balaban J connectivity index is 2.86. The quantitative estimate of drug-likeness (QED) is 0.709. The number of carbonyl (C=O) groups excluding carboxylic acids is 1. The Kier molecular flexibility index (Phi) is 4.57. The van der Waals surface area contributed by atoms with Crippen LogP contribution in [0.1, 0.15) is 33.6 Å². The summed E-state index contributed by atoms with van der Waals surface area (Å²) in [5, 5.41) is 0. The molecule has 2 nitrogen and oxygen atoms in total. The Morgan fingerprint density at radius 1 is 1.39 bits per heavy atom. The number of amides is 1. The van der Waals surface area contributed by atoms with Crippen LogP contribution in [0.2, 0.25) is 0 Å². The predicted molar refractivity (Wildman–Crippen MR) is 64.5 cm³/mol. The van der Waals surface area contributed by atoms with E-state index in [1.165, 1.54) is 0 Å². The second-order valence-electron chi connectivity index (χ2n) is 5.64. The fourth-order valence-corrected chi connectivity index (χ4v) is 1.99. The molecule has 6 heteroatoms. The third-order valence-corrected chi connectivity index (χ3v) is 3.99. The highest BCUT2D eigenvalue weighted by molar-refractivity contribution is 6.19. The van der Waals surface area contributed by atoms with Crippen molar-refractivity contribution < 1.29 is 18.0 Å². The monoisotopic (exact) mass is 285 g/mol. The van der Waals surface area contributed by atoms with Crippen LogP contribution >= 0.6 is 11.6 Å². The van der Waals surface area contributed by atoms with E-state index in [-0.39, 0.29) is 17.8 Å². The lowest BCUT2D eigenvalue weighted by Crippen LogP contribution is -2.51. The van der Waals surface area contributed by atoms with Crippen molar-refractivity contribution in [2.75, 3.05) is 12.4 Å². The molecule has 0 saturated heterocycles. The molecule has 0 aromatic rings. The van der Waals surface area contributed by atoms with Crippen molar-refractivity contribution in [1.82, 2.24) is 4.90 Å². The van der Waals surface area contributed by atoms with Crippen LogP contribution in [0.4, 0.5) is 13.2 Å². The molecule has 0 aromatic carbocycles. The van der Waals surface area contributed by atoms with E-state index in [1.54, 1.807) is 20.8 Å². The largest absolute Gasteiger partial charge is 0.406 e. The molecule has 0 heterocycles. The number of alkyl halides is 4. The summed E-state index contributed by atoms with van der Waals surface area (Å²) in [5.74, 6) is -0.311. The van der Waals surface area contributed by atoms with Crippen LogP contribution in [0.15, 0.2) is 0 Å². The molecule has 0 aromatic heterocycles. The summed E-state index contributed by atoms with van der Waals surface area (Å²) in [4.78, 5) is 13.1. The van der Waals surface area contributed by atoms with E-state index >= 15 is 0 Å². The third kappa shape index (κ3) is 4.04. The van der Waals surface area contributed by atoms with E-state index in [0.29, 0.717) is 0 Å². The van der Waals surface area contributed by atoms with Crippen LogP contribution in [0.25, 0.3) is 0 Å². The molecule has 1 fully saturated rings. The minimum Gasteiger partial charge on any atom is -0.330 e. The van der Waals surface area contributed by atoms with E-state index in [0.717, 1.165) is 17.7 Å². The Morgan fingerprint density at radius 2 is 1.89 bits per heavy atom. The average molecular weight is 286 g/mol. The van der Waals surface area contributed by atoms with E-state index in [1.807, 2.05) is 0 Å². The smallest absolute Gasteiger partial charge is 0.330 e. The maximum Gasteiger partial charge on any atom is 0.406 e. The van der Waals surface area contributed by atoms with Gasteiger partial charge in [-0.3, -0.25) is 4.79 Å². The van der Waals surface area contributed by atoms with Crippen LogP contribution in [0.5, 0.6) is 0 Å². The van der Waals surface area contributed by atoms with Crippen LogP contribution in [-0.4, -0.2) is 35.4 Å². The number of carbonyl (C=O) groups is 1. The lowest BCUT2D eigenvalue weighted by atomic mass is 9.93. The van der Waals surface area contributed by atoms with E-state index in [2.05, 4.69) is 0 Å². The highest BCUT2D eigenvalue weighted by atomic mass is 35.5. The van der Waals surface area contributed by atoms with Gasteiger partial charge in [0.05, 0.1) is 5.41 Å². The summed E-state index contributed by atoms with van der Waals surface area (Å²) in [6, 6.07) is -0.374. The zero-order valence-corrected chi connectivity index (χ0v) is 11.6. The molecule has 1 aliphatic carbocycles. The SMILES string of the molecule is CC(C1CC1)N(CC(F)(F)F)C(=O)C(C)(C)CCl. The van der Waals surface area contributed by atoms with Crippen molar-refractivity contribution in [3.8, 4) is 0 Å². The fraction of sp³-hybridized carbons (Fsp3) is 0.917.